The Morgan fingerprint density at radius 3 is 2.43 bits per heavy atom. The number of aliphatic hydroxyl groups is 1. The van der Waals surface area contributed by atoms with Gasteiger partial charge in [0.15, 0.2) is 0 Å². The van der Waals surface area contributed by atoms with Crippen molar-refractivity contribution in [3.63, 3.8) is 0 Å². The van der Waals surface area contributed by atoms with Crippen molar-refractivity contribution in [3.05, 3.63) is 11.8 Å². The second kappa shape index (κ2) is 16.7. The molecule has 35 heavy (non-hydrogen) atoms. The summed E-state index contributed by atoms with van der Waals surface area (Å²) >= 11 is 0. The summed E-state index contributed by atoms with van der Waals surface area (Å²) in [6, 6.07) is -0.313. The van der Waals surface area contributed by atoms with Crippen molar-refractivity contribution >= 4 is 26.7 Å². The second-order valence-electron chi connectivity index (χ2n) is 9.71. The van der Waals surface area contributed by atoms with Crippen molar-refractivity contribution in [1.29, 1.82) is 0 Å². The zero-order valence-corrected chi connectivity index (χ0v) is 22.9. The number of hydrogen-bond donors (Lipinski definition) is 3. The van der Waals surface area contributed by atoms with Crippen molar-refractivity contribution in [2.45, 2.75) is 90.3 Å². The van der Waals surface area contributed by atoms with Crippen LogP contribution in [-0.2, 0) is 18.6 Å². The van der Waals surface area contributed by atoms with E-state index in [9.17, 15) is 14.3 Å². The van der Waals surface area contributed by atoms with Crippen LogP contribution in [0.15, 0.2) is 11.8 Å². The van der Waals surface area contributed by atoms with Gasteiger partial charge in [0, 0.05) is 13.2 Å². The normalized spacial score (nSPS) is 17.2. The molecule has 1 aliphatic rings. The van der Waals surface area contributed by atoms with Crippen LogP contribution in [0.5, 0.6) is 0 Å². The predicted molar refractivity (Wildman–Crippen MR) is 140 cm³/mol. The predicted octanol–water partition coefficient (Wildman–Crippen LogP) is 3.73. The molecule has 2 unspecified atom stereocenters. The molecule has 3 N–H and O–H groups in total. The third-order valence-electron chi connectivity index (χ3n) is 6.06. The molecule has 2 atom stereocenters. The number of carbonyl (C=O) groups excluding carboxylic acids is 1. The van der Waals surface area contributed by atoms with Crippen LogP contribution >= 0.6 is 7.60 Å². The van der Waals surface area contributed by atoms with Gasteiger partial charge in [0.25, 0.3) is 0 Å². The molecule has 1 heterocycles. The Hall–Kier alpha value is -1.03. The minimum absolute atomic E-state index is 0.00607. The molecule has 9 nitrogen and oxygen atoms in total. The number of nitrogens with zero attached hydrogens (tertiary/aromatic N) is 1. The monoisotopic (exact) mass is 515 g/mol. The van der Waals surface area contributed by atoms with Gasteiger partial charge in [-0.25, -0.2) is 0 Å². The number of methoxy groups -OCH3 is 1. The molecule has 0 aromatic rings. The first-order chi connectivity index (χ1) is 16.5. The number of rotatable bonds is 20. The third-order valence-corrected chi connectivity index (χ3v) is 7.49. The van der Waals surface area contributed by atoms with Gasteiger partial charge in [0.2, 0.25) is 0 Å². The Kier molecular flexibility index (Phi) is 15.2. The summed E-state index contributed by atoms with van der Waals surface area (Å²) in [4.78, 5) is 23.6. The molecule has 0 fully saturated rings. The third kappa shape index (κ3) is 14.3. The van der Waals surface area contributed by atoms with E-state index in [1.165, 1.54) is 12.0 Å². The molecule has 0 aliphatic carbocycles. The summed E-state index contributed by atoms with van der Waals surface area (Å²) < 4.78 is 28.8. The van der Waals surface area contributed by atoms with Crippen LogP contribution in [0.25, 0.3) is 0 Å². The maximum atomic E-state index is 12.4. The fraction of sp³-hybridized carbons (Fsp3) is 0.833. The molecule has 0 saturated heterocycles. The molecule has 0 bridgehead atoms. The van der Waals surface area contributed by atoms with E-state index < -0.39 is 13.7 Å². The number of urea groups is 1. The summed E-state index contributed by atoms with van der Waals surface area (Å²) in [5.74, 6) is 0. The first kappa shape index (κ1) is 32.0. The first-order valence-corrected chi connectivity index (χ1v) is 14.4. The van der Waals surface area contributed by atoms with Gasteiger partial charge in [-0.2, -0.15) is 0 Å². The van der Waals surface area contributed by atoms with Crippen LogP contribution in [0.4, 0.5) is 4.79 Å². The number of nitrogens with one attached hydrogen (secondary N) is 1. The molecule has 1 radical (unpaired) electrons. The van der Waals surface area contributed by atoms with Gasteiger partial charge in [0.1, 0.15) is 0 Å². The number of unbranched alkanes of at least 4 members (excludes halogenated alkanes) is 6. The van der Waals surface area contributed by atoms with E-state index in [4.69, 9.17) is 26.6 Å². The summed E-state index contributed by atoms with van der Waals surface area (Å²) in [7, 11) is 3.54. The number of carbonyl (C=O) groups is 1. The van der Waals surface area contributed by atoms with Crippen molar-refractivity contribution in [3.8, 4) is 0 Å². The van der Waals surface area contributed by atoms with Gasteiger partial charge in [0.05, 0.1) is 5.60 Å². The van der Waals surface area contributed by atoms with Crippen LogP contribution in [0.3, 0.4) is 0 Å². The van der Waals surface area contributed by atoms with Crippen LogP contribution in [0.2, 0.25) is 0 Å². The summed E-state index contributed by atoms with van der Waals surface area (Å²) in [5.41, 5.74) is 0.831. The molecular weight excluding hydrogens is 470 g/mol. The molecular formula is C24H45BN2O7P. The van der Waals surface area contributed by atoms with Crippen LogP contribution in [-0.4, -0.2) is 85.3 Å². The van der Waals surface area contributed by atoms with Crippen LogP contribution in [0, 0.1) is 0 Å². The van der Waals surface area contributed by atoms with Gasteiger partial charge in [-0.3, -0.25) is 0 Å². The Morgan fingerprint density at radius 1 is 1.17 bits per heavy atom. The van der Waals surface area contributed by atoms with Gasteiger partial charge in [-0.15, -0.1) is 0 Å². The van der Waals surface area contributed by atoms with Crippen molar-refractivity contribution < 1.29 is 33.4 Å². The van der Waals surface area contributed by atoms with E-state index in [1.54, 1.807) is 13.1 Å². The standard InChI is InChI=1S/C24H45BN2O7P/c1-20-18-27(23(29)26-22(20)25)14-12-21(32-4)19-34-35(30,31)17-11-9-7-5-6-8-10-16-33-24(2,3)13-15-28/h18,21,28H,5-17,19H2,1-4H3,(H,26,29)(H,30,31). The zero-order valence-electron chi connectivity index (χ0n) is 22.0. The number of aliphatic hydroxyl groups excluding tert-OH is 1. The van der Waals surface area contributed by atoms with Gasteiger partial charge < -0.3 is 9.84 Å². The van der Waals surface area contributed by atoms with Crippen molar-refractivity contribution in [2.24, 2.45) is 0 Å². The molecule has 2 amide bonds. The molecule has 0 saturated carbocycles. The molecule has 0 aromatic heterocycles. The van der Waals surface area contributed by atoms with Crippen molar-refractivity contribution in [1.82, 2.24) is 10.2 Å². The summed E-state index contributed by atoms with van der Waals surface area (Å²) in [6.45, 7) is 7.00. The minimum atomic E-state index is -3.68. The average Bonchev–Trinajstić information content (AvgIpc) is 2.78. The maximum absolute atomic E-state index is 12.4. The van der Waals surface area contributed by atoms with Gasteiger partial charge in [-0.1, -0.05) is 32.1 Å². The van der Waals surface area contributed by atoms with E-state index >= 15 is 0 Å². The van der Waals surface area contributed by atoms with Crippen LogP contribution in [0.1, 0.15) is 78.6 Å². The molecule has 1 rings (SSSR count). The Labute approximate surface area is 212 Å². The number of hydrogen-bond acceptors (Lipinski definition) is 6. The summed E-state index contributed by atoms with van der Waals surface area (Å²) in [5, 5.41) is 11.6. The SMILES string of the molecule is [B]=C1NC(=O)N(CCC(COP(=O)(O)CCCCCCCCCOC(C)(C)CCO)OC)C=C1C. The summed E-state index contributed by atoms with van der Waals surface area (Å²) in [6.07, 6.45) is 9.33. The molecule has 1 aliphatic heterocycles. The van der Waals surface area contributed by atoms with Crippen LogP contribution < -0.4 is 5.32 Å². The fourth-order valence-corrected chi connectivity index (χ4v) is 4.77. The zero-order chi connectivity index (χ0) is 26.3. The Morgan fingerprint density at radius 2 is 1.80 bits per heavy atom. The molecule has 0 spiro atoms. The number of ether oxygens (including phenoxy) is 2. The topological polar surface area (TPSA) is 118 Å². The molecule has 11 heteroatoms. The van der Waals surface area contributed by atoms with E-state index in [0.29, 0.717) is 38.0 Å². The van der Waals surface area contributed by atoms with Gasteiger partial charge >= 0.3 is 124 Å². The first-order valence-electron chi connectivity index (χ1n) is 12.6. The average molecular weight is 515 g/mol. The molecule has 0 aromatic carbocycles. The van der Waals surface area contributed by atoms with E-state index in [2.05, 4.69) is 5.32 Å². The molecule has 201 valence electrons. The van der Waals surface area contributed by atoms with E-state index in [-0.39, 0.29) is 31.0 Å². The Balaban J connectivity index is 2.13. The number of amides is 2. The van der Waals surface area contributed by atoms with E-state index in [1.807, 2.05) is 13.8 Å². The fourth-order valence-electron chi connectivity index (χ4n) is 3.62. The van der Waals surface area contributed by atoms with E-state index in [0.717, 1.165) is 44.1 Å². The van der Waals surface area contributed by atoms with Gasteiger partial charge in [-0.05, 0) is 26.7 Å². The second-order valence-corrected chi connectivity index (χ2v) is 11.7. The Bertz CT molecular complexity index is 733. The quantitative estimate of drug-likeness (QED) is 0.129. The van der Waals surface area contributed by atoms with Crippen molar-refractivity contribution in [2.75, 3.05) is 39.6 Å².